The molecule has 0 unspecified atom stereocenters. The van der Waals surface area contributed by atoms with E-state index >= 15 is 0 Å². The number of aromatic nitrogens is 1. The van der Waals surface area contributed by atoms with Gasteiger partial charge in [-0.3, -0.25) is 24.1 Å². The lowest BCUT2D eigenvalue weighted by atomic mass is 10.0. The number of benzene rings is 1. The van der Waals surface area contributed by atoms with Crippen molar-refractivity contribution < 1.29 is 43.8 Å². The van der Waals surface area contributed by atoms with E-state index in [1.807, 2.05) is 0 Å². The number of nitrogens with two attached hydrogens (primary N) is 1. The number of carboxylic acid groups (broad SMARTS) is 1. The van der Waals surface area contributed by atoms with E-state index in [0.29, 0.717) is 0 Å². The zero-order valence-corrected chi connectivity index (χ0v) is 23.3. The Morgan fingerprint density at radius 2 is 2.07 bits per heavy atom. The van der Waals surface area contributed by atoms with E-state index in [0.717, 1.165) is 16.2 Å². The third-order valence-electron chi connectivity index (χ3n) is 5.55. The van der Waals surface area contributed by atoms with Crippen LogP contribution in [0, 0.1) is 0 Å². The van der Waals surface area contributed by atoms with Crippen LogP contribution in [0.5, 0.6) is 5.75 Å². The number of rotatable bonds is 10. The molecule has 18 heteroatoms. The normalized spacial score (nSPS) is 18.2. The Kier molecular flexibility index (Phi) is 8.99. The first-order valence-electron chi connectivity index (χ1n) is 11.5. The molecular weight excluding hydrogens is 604 g/mol. The van der Waals surface area contributed by atoms with E-state index in [9.17, 15) is 34.2 Å². The fraction of sp³-hybridized carbons (Fsp3) is 0.261. The third kappa shape index (κ3) is 6.69. The van der Waals surface area contributed by atoms with Gasteiger partial charge in [-0.15, -0.1) is 23.1 Å². The number of ether oxygens (including phenoxy) is 1. The molecule has 3 heterocycles. The molecule has 6 N–H and O–H groups in total. The number of hydrogen-bond acceptors (Lipinski definition) is 13. The molecule has 0 saturated carbocycles. The molecule has 1 aromatic heterocycles. The number of aromatic hydroxyl groups is 1. The first-order chi connectivity index (χ1) is 19.5. The van der Waals surface area contributed by atoms with E-state index in [2.05, 4.69) is 20.8 Å². The summed E-state index contributed by atoms with van der Waals surface area (Å²) in [7, 11) is 0. The molecule has 2 aliphatic heterocycles. The summed E-state index contributed by atoms with van der Waals surface area (Å²) in [6.45, 7) is 0.214. The zero-order chi connectivity index (χ0) is 29.8. The summed E-state index contributed by atoms with van der Waals surface area (Å²) >= 11 is 8.05. The highest BCUT2D eigenvalue weighted by Crippen LogP contribution is 2.40. The number of esters is 1. The number of nitrogen functional groups attached to an aromatic ring is 1. The lowest BCUT2D eigenvalue weighted by Crippen LogP contribution is -2.71. The van der Waals surface area contributed by atoms with Crippen LogP contribution in [0.4, 0.5) is 10.8 Å². The van der Waals surface area contributed by atoms with Gasteiger partial charge in [-0.25, -0.2) is 9.78 Å². The van der Waals surface area contributed by atoms with Crippen LogP contribution in [-0.4, -0.2) is 85.9 Å². The third-order valence-corrected chi connectivity index (χ3v) is 7.80. The molecule has 1 aromatic carbocycles. The molecule has 0 bridgehead atoms. The summed E-state index contributed by atoms with van der Waals surface area (Å²) in [6.07, 6.45) is 0. The number of nitrogens with one attached hydrogen (secondary N) is 2. The molecule has 41 heavy (non-hydrogen) atoms. The van der Waals surface area contributed by atoms with Gasteiger partial charge < -0.3 is 36.2 Å². The minimum atomic E-state index is -1.38. The van der Waals surface area contributed by atoms with Gasteiger partial charge in [-0.1, -0.05) is 16.8 Å². The summed E-state index contributed by atoms with van der Waals surface area (Å²) in [5.74, 6) is -4.41. The van der Waals surface area contributed by atoms with Crippen molar-refractivity contribution in [1.82, 2.24) is 15.2 Å². The minimum Gasteiger partial charge on any atom is -0.506 e. The summed E-state index contributed by atoms with van der Waals surface area (Å²) in [4.78, 5) is 71.5. The van der Waals surface area contributed by atoms with Crippen LogP contribution in [0.25, 0.3) is 0 Å². The number of halogens is 1. The number of carboxylic acids is 1. The Bertz CT molecular complexity index is 1490. The maximum absolute atomic E-state index is 13.2. The first-order valence-corrected chi connectivity index (χ1v) is 13.8. The lowest BCUT2D eigenvalue weighted by molar-refractivity contribution is -0.150. The molecule has 2 atom stereocenters. The van der Waals surface area contributed by atoms with Crippen molar-refractivity contribution in [3.63, 3.8) is 0 Å². The quantitative estimate of drug-likeness (QED) is 0.0812. The number of nitrogens with zero attached hydrogens (tertiary/aromatic N) is 3. The monoisotopic (exact) mass is 624 g/mol. The fourth-order valence-corrected chi connectivity index (χ4v) is 5.79. The number of phenols is 1. The molecule has 0 spiro atoms. The van der Waals surface area contributed by atoms with Crippen LogP contribution in [0.3, 0.4) is 0 Å². The second-order valence-electron chi connectivity index (χ2n) is 8.39. The molecule has 1 saturated heterocycles. The van der Waals surface area contributed by atoms with Crippen molar-refractivity contribution in [3.8, 4) is 5.75 Å². The Morgan fingerprint density at radius 3 is 2.73 bits per heavy atom. The molecule has 2 aliphatic rings. The summed E-state index contributed by atoms with van der Waals surface area (Å²) in [5, 5.41) is 29.2. The molecular formula is C23H21ClN6O9S2. The first kappa shape index (κ1) is 29.6. The van der Waals surface area contributed by atoms with Gasteiger partial charge in [0.15, 0.2) is 17.5 Å². The van der Waals surface area contributed by atoms with Crippen molar-refractivity contribution in [2.24, 2.45) is 5.16 Å². The van der Waals surface area contributed by atoms with Gasteiger partial charge in [-0.05, 0) is 18.2 Å². The van der Waals surface area contributed by atoms with Crippen LogP contribution < -0.4 is 16.4 Å². The molecule has 1 fully saturated rings. The van der Waals surface area contributed by atoms with E-state index < -0.39 is 53.4 Å². The van der Waals surface area contributed by atoms with Crippen molar-refractivity contribution in [3.05, 3.63) is 45.6 Å². The standard InChI is InChI=1S/C23H21ClN6O9S2/c1-9(31)38-5-10-7-40-21-17(20(35)30(21)18(10)22(36)37)28-19(34)16(13-8-41-23(25)27-13)29-39-6-15(33)26-12-4-11(24)2-3-14(12)32/h2-4,8,17,21,32H,5-7H2,1H3,(H2,25,27)(H,26,33)(H,28,34)(H,36,37)/t17-,21-/m1/s1. The largest absolute Gasteiger partial charge is 0.506 e. The van der Waals surface area contributed by atoms with Gasteiger partial charge in [0.2, 0.25) is 0 Å². The van der Waals surface area contributed by atoms with Crippen molar-refractivity contribution >= 4 is 80.9 Å². The predicted octanol–water partition coefficient (Wildman–Crippen LogP) is 0.745. The topological polar surface area (TPSA) is 223 Å². The number of hydrogen-bond donors (Lipinski definition) is 5. The zero-order valence-electron chi connectivity index (χ0n) is 21.0. The lowest BCUT2D eigenvalue weighted by Gasteiger charge is -2.49. The molecule has 3 amide bonds. The Hall–Kier alpha value is -4.35. The molecule has 4 rings (SSSR count). The molecule has 0 aliphatic carbocycles. The second kappa shape index (κ2) is 12.4. The number of phenolic OH excluding ortho intramolecular Hbond substituents is 1. The van der Waals surface area contributed by atoms with Crippen molar-refractivity contribution in [1.29, 1.82) is 0 Å². The Balaban J connectivity index is 1.46. The fourth-order valence-electron chi connectivity index (χ4n) is 3.74. The molecule has 2 aromatic rings. The maximum Gasteiger partial charge on any atom is 0.352 e. The van der Waals surface area contributed by atoms with Gasteiger partial charge in [0.1, 0.15) is 35.2 Å². The summed E-state index contributed by atoms with van der Waals surface area (Å²) in [6, 6.07) is 2.92. The maximum atomic E-state index is 13.2. The number of carbonyl (C=O) groups is 5. The Morgan fingerprint density at radius 1 is 1.32 bits per heavy atom. The predicted molar refractivity (Wildman–Crippen MR) is 147 cm³/mol. The van der Waals surface area contributed by atoms with Crippen LogP contribution in [0.1, 0.15) is 12.6 Å². The highest BCUT2D eigenvalue weighted by Gasteiger charge is 2.54. The van der Waals surface area contributed by atoms with Crippen molar-refractivity contribution in [2.45, 2.75) is 18.3 Å². The number of thioether (sulfide) groups is 1. The van der Waals surface area contributed by atoms with Gasteiger partial charge >= 0.3 is 11.9 Å². The Labute approximate surface area is 244 Å². The van der Waals surface area contributed by atoms with Gasteiger partial charge in [0.25, 0.3) is 17.7 Å². The number of aliphatic carboxylic acids is 1. The summed E-state index contributed by atoms with van der Waals surface area (Å²) < 4.78 is 4.90. The van der Waals surface area contributed by atoms with Crippen LogP contribution >= 0.6 is 34.7 Å². The van der Waals surface area contributed by atoms with Crippen LogP contribution in [0.2, 0.25) is 5.02 Å². The number of carbonyl (C=O) groups excluding carboxylic acids is 4. The van der Waals surface area contributed by atoms with Gasteiger partial charge in [0, 0.05) is 28.7 Å². The highest BCUT2D eigenvalue weighted by molar-refractivity contribution is 8.00. The van der Waals surface area contributed by atoms with Gasteiger partial charge in [-0.2, -0.15) is 0 Å². The summed E-state index contributed by atoms with van der Waals surface area (Å²) in [5.41, 5.74) is 5.25. The van der Waals surface area contributed by atoms with E-state index in [1.54, 1.807) is 0 Å². The van der Waals surface area contributed by atoms with Gasteiger partial charge in [0.05, 0.1) is 5.69 Å². The number of thiazole rings is 1. The number of β-lactam (4-membered cyclic amide) rings is 1. The highest BCUT2D eigenvalue weighted by atomic mass is 35.5. The minimum absolute atomic E-state index is 0.00704. The van der Waals surface area contributed by atoms with Crippen LogP contribution in [0.15, 0.2) is 40.0 Å². The SMILES string of the molecule is CC(=O)OCC1=C(C(=O)O)N2C(=O)[C@@H](NC(=O)C(=NOCC(=O)Nc3cc(Cl)ccc3O)c3csc(N)n3)[C@H]2SC1. The molecule has 0 radical (unpaired) electrons. The van der Waals surface area contributed by atoms with E-state index in [-0.39, 0.29) is 50.9 Å². The smallest absolute Gasteiger partial charge is 0.352 e. The number of anilines is 2. The second-order valence-corrected chi connectivity index (χ2v) is 10.8. The van der Waals surface area contributed by atoms with E-state index in [4.69, 9.17) is 26.9 Å². The number of oxime groups is 1. The average molecular weight is 625 g/mol. The molecule has 216 valence electrons. The van der Waals surface area contributed by atoms with Crippen molar-refractivity contribution in [2.75, 3.05) is 30.0 Å². The number of amides is 3. The average Bonchev–Trinajstić information content (AvgIpc) is 3.35. The van der Waals surface area contributed by atoms with Crippen LogP contribution in [-0.2, 0) is 33.5 Å². The molecule has 15 nitrogen and oxygen atoms in total. The van der Waals surface area contributed by atoms with E-state index in [1.165, 1.54) is 42.3 Å². The number of fused-ring (bicyclic) bond motifs is 1.